The highest BCUT2D eigenvalue weighted by Gasteiger charge is 2.40. The third kappa shape index (κ3) is 2.37. The molecule has 2 amide bonds. The molecule has 6 heteroatoms. The summed E-state index contributed by atoms with van der Waals surface area (Å²) in [6.45, 7) is 0.0967. The number of amides is 2. The molecule has 0 bridgehead atoms. The smallest absolute Gasteiger partial charge is 0.288 e. The maximum atomic E-state index is 14.1. The molecule has 25 heavy (non-hydrogen) atoms. The SMILES string of the molecule is N#C[C@H]1CN(c2ccccc2F)C(=O)N1c1cncc2ccccc12. The second kappa shape index (κ2) is 5.87. The first-order valence-electron chi connectivity index (χ1n) is 7.78. The Morgan fingerprint density at radius 2 is 1.84 bits per heavy atom. The molecule has 122 valence electrons. The summed E-state index contributed by atoms with van der Waals surface area (Å²) in [6.07, 6.45) is 3.27. The number of nitrogens with zero attached hydrogens (tertiary/aromatic N) is 4. The van der Waals surface area contributed by atoms with Crippen LogP contribution in [0.25, 0.3) is 10.8 Å². The minimum Gasteiger partial charge on any atom is -0.288 e. The number of fused-ring (bicyclic) bond motifs is 1. The number of pyridine rings is 1. The summed E-state index contributed by atoms with van der Waals surface area (Å²) in [6, 6.07) is 14.6. The minimum atomic E-state index is -0.722. The second-order valence-electron chi connectivity index (χ2n) is 5.74. The Labute approximate surface area is 143 Å². The number of carbonyl (C=O) groups excluding carboxylic acids is 1. The Morgan fingerprint density at radius 3 is 2.64 bits per heavy atom. The van der Waals surface area contributed by atoms with Crippen molar-refractivity contribution in [2.24, 2.45) is 0 Å². The average molecular weight is 332 g/mol. The number of urea groups is 1. The summed E-state index contributed by atoms with van der Waals surface area (Å²) in [5.41, 5.74) is 0.719. The molecule has 1 fully saturated rings. The molecule has 1 aliphatic heterocycles. The van der Waals surface area contributed by atoms with Crippen LogP contribution in [0.15, 0.2) is 60.9 Å². The van der Waals surface area contributed by atoms with Gasteiger partial charge in [0.15, 0.2) is 0 Å². The molecule has 1 aromatic heterocycles. The first-order chi connectivity index (χ1) is 12.2. The fourth-order valence-electron chi connectivity index (χ4n) is 3.13. The third-order valence-electron chi connectivity index (χ3n) is 4.30. The summed E-state index contributed by atoms with van der Waals surface area (Å²) in [5, 5.41) is 11.2. The molecule has 1 aliphatic rings. The van der Waals surface area contributed by atoms with Crippen LogP contribution in [-0.2, 0) is 0 Å². The maximum absolute atomic E-state index is 14.1. The van der Waals surface area contributed by atoms with Crippen LogP contribution in [0.2, 0.25) is 0 Å². The van der Waals surface area contributed by atoms with Crippen LogP contribution in [0.5, 0.6) is 0 Å². The van der Waals surface area contributed by atoms with E-state index in [1.165, 1.54) is 21.9 Å². The van der Waals surface area contributed by atoms with Gasteiger partial charge in [0, 0.05) is 17.0 Å². The number of aromatic nitrogens is 1. The molecule has 0 aliphatic carbocycles. The standard InChI is InChI=1S/C19H13FN4O/c20-16-7-3-4-8-17(16)23-12-14(9-21)24(19(23)25)18-11-22-10-13-5-1-2-6-15(13)18/h1-8,10-11,14H,12H2/t14-/m0/s1. The molecule has 1 atom stereocenters. The molecule has 2 heterocycles. The van der Waals surface area contributed by atoms with Gasteiger partial charge < -0.3 is 0 Å². The fraction of sp³-hybridized carbons (Fsp3) is 0.105. The number of hydrogen-bond acceptors (Lipinski definition) is 3. The normalized spacial score (nSPS) is 17.1. The Kier molecular flexibility index (Phi) is 3.55. The van der Waals surface area contributed by atoms with E-state index in [0.29, 0.717) is 5.69 Å². The van der Waals surface area contributed by atoms with Crippen LogP contribution in [0, 0.1) is 17.1 Å². The lowest BCUT2D eigenvalue weighted by Gasteiger charge is -2.21. The summed E-state index contributed by atoms with van der Waals surface area (Å²) >= 11 is 0. The molecule has 0 N–H and O–H groups in total. The molecule has 0 unspecified atom stereocenters. The first kappa shape index (κ1) is 15.1. The van der Waals surface area contributed by atoms with Gasteiger partial charge >= 0.3 is 6.03 Å². The van der Waals surface area contributed by atoms with Crippen molar-refractivity contribution in [2.45, 2.75) is 6.04 Å². The Hall–Kier alpha value is -3.46. The lowest BCUT2D eigenvalue weighted by Crippen LogP contribution is -2.34. The molecule has 3 aromatic rings. The van der Waals surface area contributed by atoms with Crippen molar-refractivity contribution >= 4 is 28.2 Å². The van der Waals surface area contributed by atoms with Gasteiger partial charge in [-0.25, -0.2) is 9.18 Å². The van der Waals surface area contributed by atoms with Crippen molar-refractivity contribution in [3.8, 4) is 6.07 Å². The van der Waals surface area contributed by atoms with E-state index >= 15 is 0 Å². The number of hydrogen-bond donors (Lipinski definition) is 0. The van der Waals surface area contributed by atoms with E-state index in [0.717, 1.165) is 10.8 Å². The highest BCUT2D eigenvalue weighted by atomic mass is 19.1. The van der Waals surface area contributed by atoms with E-state index in [1.54, 1.807) is 24.5 Å². The molecule has 0 radical (unpaired) electrons. The van der Waals surface area contributed by atoms with Crippen molar-refractivity contribution in [3.05, 3.63) is 66.7 Å². The molecule has 4 rings (SSSR count). The van der Waals surface area contributed by atoms with E-state index in [1.807, 2.05) is 24.3 Å². The molecule has 0 saturated carbocycles. The van der Waals surface area contributed by atoms with Gasteiger partial charge in [0.25, 0.3) is 0 Å². The Morgan fingerprint density at radius 1 is 1.08 bits per heavy atom. The number of para-hydroxylation sites is 1. The lowest BCUT2D eigenvalue weighted by atomic mass is 10.1. The van der Waals surface area contributed by atoms with Crippen molar-refractivity contribution < 1.29 is 9.18 Å². The predicted molar refractivity (Wildman–Crippen MR) is 92.8 cm³/mol. The van der Waals surface area contributed by atoms with Crippen molar-refractivity contribution in [3.63, 3.8) is 0 Å². The second-order valence-corrected chi connectivity index (χ2v) is 5.74. The van der Waals surface area contributed by atoms with E-state index in [4.69, 9.17) is 0 Å². The van der Waals surface area contributed by atoms with E-state index in [2.05, 4.69) is 11.1 Å². The van der Waals surface area contributed by atoms with Crippen LogP contribution in [0.1, 0.15) is 0 Å². The molecule has 2 aromatic carbocycles. The number of benzene rings is 2. The summed E-state index contributed by atoms with van der Waals surface area (Å²) in [7, 11) is 0. The van der Waals surface area contributed by atoms with E-state index in [9.17, 15) is 14.4 Å². The Bertz CT molecular complexity index is 1010. The molecular formula is C19H13FN4O. The van der Waals surface area contributed by atoms with Gasteiger partial charge in [-0.1, -0.05) is 36.4 Å². The van der Waals surface area contributed by atoms with Crippen LogP contribution < -0.4 is 9.80 Å². The van der Waals surface area contributed by atoms with Crippen LogP contribution in [0.3, 0.4) is 0 Å². The number of anilines is 2. The molecular weight excluding hydrogens is 319 g/mol. The molecule has 1 saturated heterocycles. The predicted octanol–water partition coefficient (Wildman–Crippen LogP) is 3.71. The third-order valence-corrected chi connectivity index (χ3v) is 4.30. The summed E-state index contributed by atoms with van der Waals surface area (Å²) < 4.78 is 14.1. The summed E-state index contributed by atoms with van der Waals surface area (Å²) in [4.78, 5) is 19.8. The minimum absolute atomic E-state index is 0.0967. The number of carbonyl (C=O) groups is 1. The zero-order valence-electron chi connectivity index (χ0n) is 13.1. The number of rotatable bonds is 2. The molecule has 0 spiro atoms. The van der Waals surface area contributed by atoms with Crippen molar-refractivity contribution in [2.75, 3.05) is 16.3 Å². The largest absolute Gasteiger partial charge is 0.330 e. The number of nitriles is 1. The van der Waals surface area contributed by atoms with Gasteiger partial charge in [0.1, 0.15) is 11.9 Å². The summed E-state index contributed by atoms with van der Waals surface area (Å²) in [5.74, 6) is -0.495. The van der Waals surface area contributed by atoms with Crippen LogP contribution >= 0.6 is 0 Å². The quantitative estimate of drug-likeness (QED) is 0.719. The Balaban J connectivity index is 1.83. The fourth-order valence-corrected chi connectivity index (χ4v) is 3.13. The van der Waals surface area contributed by atoms with E-state index < -0.39 is 17.9 Å². The van der Waals surface area contributed by atoms with Gasteiger partial charge in [0.2, 0.25) is 0 Å². The van der Waals surface area contributed by atoms with Crippen molar-refractivity contribution in [1.29, 1.82) is 5.26 Å². The topological polar surface area (TPSA) is 60.2 Å². The van der Waals surface area contributed by atoms with Gasteiger partial charge in [-0.15, -0.1) is 0 Å². The zero-order chi connectivity index (χ0) is 17.4. The first-order valence-corrected chi connectivity index (χ1v) is 7.78. The maximum Gasteiger partial charge on any atom is 0.330 e. The van der Waals surface area contributed by atoms with Gasteiger partial charge in [0.05, 0.1) is 30.2 Å². The number of halogens is 1. The lowest BCUT2D eigenvalue weighted by molar-refractivity contribution is 0.255. The highest BCUT2D eigenvalue weighted by Crippen LogP contribution is 2.33. The van der Waals surface area contributed by atoms with Gasteiger partial charge in [-0.3, -0.25) is 14.8 Å². The monoisotopic (exact) mass is 332 g/mol. The molecule has 5 nitrogen and oxygen atoms in total. The average Bonchev–Trinajstić information content (AvgIpc) is 2.98. The van der Waals surface area contributed by atoms with Crippen molar-refractivity contribution in [1.82, 2.24) is 4.98 Å². The van der Waals surface area contributed by atoms with Gasteiger partial charge in [-0.05, 0) is 12.1 Å². The van der Waals surface area contributed by atoms with Crippen LogP contribution in [-0.4, -0.2) is 23.6 Å². The van der Waals surface area contributed by atoms with Crippen LogP contribution in [0.4, 0.5) is 20.6 Å². The van der Waals surface area contributed by atoms with E-state index in [-0.39, 0.29) is 12.2 Å². The highest BCUT2D eigenvalue weighted by molar-refractivity contribution is 6.11. The van der Waals surface area contributed by atoms with Gasteiger partial charge in [-0.2, -0.15) is 5.26 Å². The zero-order valence-corrected chi connectivity index (χ0v) is 13.1.